The largest absolute Gasteiger partial charge is 0.459 e. The number of aromatic nitrogens is 2. The van der Waals surface area contributed by atoms with Gasteiger partial charge in [0.05, 0.1) is 22.4 Å². The molecule has 26 heavy (non-hydrogen) atoms. The van der Waals surface area contributed by atoms with Crippen LogP contribution in [-0.4, -0.2) is 21.6 Å². The van der Waals surface area contributed by atoms with Crippen LogP contribution in [0.5, 0.6) is 0 Å². The quantitative estimate of drug-likeness (QED) is 0.429. The maximum atomic E-state index is 14.2. The molecule has 0 amide bonds. The molecule has 1 heterocycles. The molecule has 11 heteroatoms. The van der Waals surface area contributed by atoms with Crippen LogP contribution in [0.25, 0.3) is 5.69 Å². The molecule has 0 radical (unpaired) electrons. The van der Waals surface area contributed by atoms with Gasteiger partial charge in [-0.15, -0.1) is 0 Å². The molecule has 0 spiro atoms. The summed E-state index contributed by atoms with van der Waals surface area (Å²) in [6, 6.07) is 1.73. The Morgan fingerprint density at radius 2 is 1.85 bits per heavy atom. The lowest BCUT2D eigenvalue weighted by molar-refractivity contribution is -0.141. The molecular formula is C15H10Cl2F4N2O3. The topological polar surface area (TPSA) is 61.2 Å². The fourth-order valence-corrected chi connectivity index (χ4v) is 2.45. The van der Waals surface area contributed by atoms with E-state index < -0.39 is 46.3 Å². The van der Waals surface area contributed by atoms with Crippen LogP contribution in [0.4, 0.5) is 17.6 Å². The van der Waals surface area contributed by atoms with Crippen molar-refractivity contribution in [1.29, 1.82) is 0 Å². The highest BCUT2D eigenvalue weighted by atomic mass is 35.5. The molecule has 0 saturated heterocycles. The van der Waals surface area contributed by atoms with Crippen LogP contribution in [0.15, 0.2) is 23.0 Å². The van der Waals surface area contributed by atoms with E-state index in [0.29, 0.717) is 10.6 Å². The lowest BCUT2D eigenvalue weighted by atomic mass is 10.2. The van der Waals surface area contributed by atoms with Gasteiger partial charge in [-0.1, -0.05) is 11.6 Å². The number of ether oxygens (including phenoxy) is 1. The SMILES string of the molecule is CC(C)OC(=O)c1cc(-n2c(Cl)nc(C(F)(F)F)cc2=O)c(F)cc1Cl. The third kappa shape index (κ3) is 4.16. The number of esters is 1. The van der Waals surface area contributed by atoms with Gasteiger partial charge in [-0.3, -0.25) is 4.79 Å². The highest BCUT2D eigenvalue weighted by Gasteiger charge is 2.34. The molecule has 0 aliphatic carbocycles. The summed E-state index contributed by atoms with van der Waals surface area (Å²) in [5, 5.41) is -1.24. The number of carbonyl (C=O) groups is 1. The van der Waals surface area contributed by atoms with E-state index in [1.165, 1.54) is 0 Å². The summed E-state index contributed by atoms with van der Waals surface area (Å²) in [4.78, 5) is 27.1. The van der Waals surface area contributed by atoms with E-state index in [4.69, 9.17) is 27.9 Å². The zero-order valence-electron chi connectivity index (χ0n) is 13.2. The van der Waals surface area contributed by atoms with Gasteiger partial charge in [0.1, 0.15) is 5.82 Å². The Hall–Kier alpha value is -2.13. The van der Waals surface area contributed by atoms with Gasteiger partial charge >= 0.3 is 12.1 Å². The van der Waals surface area contributed by atoms with Crippen molar-refractivity contribution in [2.45, 2.75) is 26.1 Å². The predicted molar refractivity (Wildman–Crippen MR) is 85.4 cm³/mol. The van der Waals surface area contributed by atoms with Crippen molar-refractivity contribution in [2.75, 3.05) is 0 Å². The summed E-state index contributed by atoms with van der Waals surface area (Å²) < 4.78 is 57.6. The van der Waals surface area contributed by atoms with Crippen molar-refractivity contribution in [3.8, 4) is 5.69 Å². The first-order valence-corrected chi connectivity index (χ1v) is 7.74. The van der Waals surface area contributed by atoms with E-state index in [-0.39, 0.29) is 16.7 Å². The Balaban J connectivity index is 2.66. The van der Waals surface area contributed by atoms with Gasteiger partial charge < -0.3 is 4.74 Å². The van der Waals surface area contributed by atoms with Crippen LogP contribution >= 0.6 is 23.2 Å². The van der Waals surface area contributed by atoms with E-state index in [9.17, 15) is 27.2 Å². The fourth-order valence-electron chi connectivity index (χ4n) is 1.96. The minimum Gasteiger partial charge on any atom is -0.459 e. The molecule has 0 unspecified atom stereocenters. The molecule has 0 atom stereocenters. The van der Waals surface area contributed by atoms with Crippen LogP contribution in [0, 0.1) is 5.82 Å². The van der Waals surface area contributed by atoms with Gasteiger partial charge in [-0.05, 0) is 37.6 Å². The van der Waals surface area contributed by atoms with Gasteiger partial charge in [0.25, 0.3) is 5.56 Å². The van der Waals surface area contributed by atoms with Gasteiger partial charge in [0.15, 0.2) is 5.69 Å². The molecule has 2 aromatic rings. The van der Waals surface area contributed by atoms with Gasteiger partial charge in [0, 0.05) is 6.07 Å². The highest BCUT2D eigenvalue weighted by Crippen LogP contribution is 2.29. The Kier molecular flexibility index (Phi) is 5.62. The standard InChI is InChI=1S/C15H10Cl2F4N2O3/c1-6(2)26-13(25)7-3-10(9(18)4-8(7)16)23-12(24)5-11(15(19,20)21)22-14(23)17/h3-6H,1-2H3. The monoisotopic (exact) mass is 412 g/mol. The first-order valence-electron chi connectivity index (χ1n) is 6.99. The number of rotatable bonds is 3. The zero-order valence-corrected chi connectivity index (χ0v) is 14.7. The average Bonchev–Trinajstić information content (AvgIpc) is 2.46. The maximum Gasteiger partial charge on any atom is 0.433 e. The molecule has 0 bridgehead atoms. The van der Waals surface area contributed by atoms with E-state index >= 15 is 0 Å². The third-order valence-corrected chi connectivity index (χ3v) is 3.57. The summed E-state index contributed by atoms with van der Waals surface area (Å²) in [5.41, 5.74) is -3.71. The maximum absolute atomic E-state index is 14.2. The Bertz CT molecular complexity index is 926. The Morgan fingerprint density at radius 1 is 1.23 bits per heavy atom. The number of nitrogens with zero attached hydrogens (tertiary/aromatic N) is 2. The molecule has 0 saturated carbocycles. The van der Waals surface area contributed by atoms with Crippen LogP contribution in [-0.2, 0) is 10.9 Å². The van der Waals surface area contributed by atoms with E-state index in [1.807, 2.05) is 0 Å². The molecule has 0 aliphatic heterocycles. The van der Waals surface area contributed by atoms with Crippen LogP contribution in [0.3, 0.4) is 0 Å². The first kappa shape index (κ1) is 20.2. The molecule has 5 nitrogen and oxygen atoms in total. The summed E-state index contributed by atoms with van der Waals surface area (Å²) >= 11 is 11.4. The van der Waals surface area contributed by atoms with Crippen molar-refractivity contribution in [1.82, 2.24) is 9.55 Å². The third-order valence-electron chi connectivity index (χ3n) is 3.01. The summed E-state index contributed by atoms with van der Waals surface area (Å²) in [6.07, 6.45) is -5.42. The summed E-state index contributed by atoms with van der Waals surface area (Å²) in [6.45, 7) is 3.13. The lowest BCUT2D eigenvalue weighted by Gasteiger charge is -2.14. The molecule has 1 aromatic carbocycles. The number of benzene rings is 1. The highest BCUT2D eigenvalue weighted by molar-refractivity contribution is 6.33. The van der Waals surface area contributed by atoms with Crippen molar-refractivity contribution in [2.24, 2.45) is 0 Å². The second kappa shape index (κ2) is 7.24. The first-order chi connectivity index (χ1) is 11.9. The second-order valence-corrected chi connectivity index (χ2v) is 6.06. The summed E-state index contributed by atoms with van der Waals surface area (Å²) in [7, 11) is 0. The predicted octanol–water partition coefficient (Wildman–Crippen LogP) is 4.26. The van der Waals surface area contributed by atoms with Crippen molar-refractivity contribution in [3.05, 3.63) is 55.9 Å². The van der Waals surface area contributed by atoms with Crippen molar-refractivity contribution >= 4 is 29.2 Å². The molecular weight excluding hydrogens is 403 g/mol. The fraction of sp³-hybridized carbons (Fsp3) is 0.267. The summed E-state index contributed by atoms with van der Waals surface area (Å²) in [5.74, 6) is -2.00. The number of alkyl halides is 3. The molecule has 2 rings (SSSR count). The zero-order chi connectivity index (χ0) is 19.8. The van der Waals surface area contributed by atoms with E-state index in [0.717, 1.165) is 6.07 Å². The van der Waals surface area contributed by atoms with Gasteiger partial charge in [-0.2, -0.15) is 13.2 Å². The van der Waals surface area contributed by atoms with Crippen LogP contribution in [0.2, 0.25) is 10.3 Å². The number of hydrogen-bond acceptors (Lipinski definition) is 4. The molecule has 0 fully saturated rings. The molecule has 1 aromatic heterocycles. The van der Waals surface area contributed by atoms with Crippen LogP contribution in [0.1, 0.15) is 29.9 Å². The van der Waals surface area contributed by atoms with Crippen molar-refractivity contribution < 1.29 is 27.1 Å². The van der Waals surface area contributed by atoms with E-state index in [1.54, 1.807) is 13.8 Å². The minimum absolute atomic E-state index is 0.159. The Morgan fingerprint density at radius 3 is 2.35 bits per heavy atom. The van der Waals surface area contributed by atoms with Gasteiger partial charge in [-0.25, -0.2) is 18.7 Å². The molecule has 0 N–H and O–H groups in total. The normalized spacial score (nSPS) is 11.7. The lowest BCUT2D eigenvalue weighted by Crippen LogP contribution is -2.25. The smallest absolute Gasteiger partial charge is 0.433 e. The van der Waals surface area contributed by atoms with Gasteiger partial charge in [0.2, 0.25) is 5.28 Å². The molecule has 140 valence electrons. The average molecular weight is 413 g/mol. The van der Waals surface area contributed by atoms with Crippen molar-refractivity contribution in [3.63, 3.8) is 0 Å². The molecule has 0 aliphatic rings. The second-order valence-electron chi connectivity index (χ2n) is 5.32. The Labute approximate surface area is 154 Å². The number of halogens is 6. The van der Waals surface area contributed by atoms with E-state index in [2.05, 4.69) is 4.98 Å². The minimum atomic E-state index is -4.91. The number of carbonyl (C=O) groups excluding carboxylic acids is 1. The van der Waals surface area contributed by atoms with Crippen LogP contribution < -0.4 is 5.56 Å². The number of hydrogen-bond donors (Lipinski definition) is 0.